The average Bonchev–Trinajstić information content (AvgIpc) is 1.69. The van der Waals surface area contributed by atoms with E-state index in [-0.39, 0.29) is 175 Å². The molecule has 0 saturated carbocycles. The fourth-order valence-electron chi connectivity index (χ4n) is 0.465. The molecule has 8 heteroatoms. The van der Waals surface area contributed by atoms with Crippen molar-refractivity contribution < 1.29 is 138 Å². The molecule has 3 nitrogen and oxygen atoms in total. The maximum atomic E-state index is 5.23. The van der Waals surface area contributed by atoms with Crippen LogP contribution in [0.25, 0.3) is 0 Å². The molecule has 0 amide bonds. The Kier molecular flexibility index (Phi) is 547. The van der Waals surface area contributed by atoms with Crippen molar-refractivity contribution in [1.29, 1.82) is 0 Å². The van der Waals surface area contributed by atoms with Gasteiger partial charge < -0.3 is 30.8 Å². The van der Waals surface area contributed by atoms with Crippen molar-refractivity contribution in [3.05, 3.63) is 0 Å². The first-order valence-corrected chi connectivity index (χ1v) is 2.82. The summed E-state index contributed by atoms with van der Waals surface area (Å²) in [5, 5.41) is 0. The Morgan fingerprint density at radius 1 is 0.556 bits per heavy atom. The first-order chi connectivity index (χ1) is 3.41. The number of nitrogens with two attached hydrogens (primary N) is 2. The molecule has 0 unspecified atom stereocenters. The molecule has 0 fully saturated rings. The van der Waals surface area contributed by atoms with Gasteiger partial charge in [-0.15, -0.1) is 0 Å². The van der Waals surface area contributed by atoms with Gasteiger partial charge in [0.1, 0.15) is 0 Å². The Morgan fingerprint density at radius 3 is 0.833 bits per heavy atom. The Bertz CT molecular complexity index is 56.7. The third kappa shape index (κ3) is 111. The summed E-state index contributed by atoms with van der Waals surface area (Å²) in [5.74, 6) is 0. The smallest absolute Gasteiger partial charge is 1.00 e. The van der Waals surface area contributed by atoms with Crippen LogP contribution >= 0.6 is 0 Å². The first-order valence-electron chi connectivity index (χ1n) is 2.82. The Hall–Kier alpha value is 4.17. The van der Waals surface area contributed by atoms with Crippen molar-refractivity contribution in [2.24, 2.45) is 11.5 Å². The monoisotopic (exact) mass is 327 g/mol. The molecule has 0 aliphatic carbocycles. The van der Waals surface area contributed by atoms with E-state index in [0.717, 1.165) is 25.9 Å². The van der Waals surface area contributed by atoms with Gasteiger partial charge in [-0.2, -0.15) is 0 Å². The van der Waals surface area contributed by atoms with Gasteiger partial charge in [-0.25, -0.2) is 0 Å². The molecule has 0 atom stereocenters. The van der Waals surface area contributed by atoms with Gasteiger partial charge >= 0.3 is 118 Å². The molecule has 0 heterocycles. The summed E-state index contributed by atoms with van der Waals surface area (Å²) in [7, 11) is 0. The third-order valence-corrected chi connectivity index (χ3v) is 0.908. The van der Waals surface area contributed by atoms with Gasteiger partial charge in [0.05, 0.1) is 0 Å². The van der Waals surface area contributed by atoms with Crippen molar-refractivity contribution in [3.63, 3.8) is 0 Å². The van der Waals surface area contributed by atoms with Gasteiger partial charge in [-0.1, -0.05) is 43.6 Å². The molecule has 0 saturated heterocycles. The predicted octanol–water partition coefficient (Wildman–Crippen LogP) is -11.8. The number of rotatable bonds is 4. The zero-order valence-electron chi connectivity index (χ0n) is 10.5. The fourth-order valence-corrected chi connectivity index (χ4v) is 0.465. The minimum atomic E-state index is 0. The van der Waals surface area contributed by atoms with Gasteiger partial charge in [-0.05, 0) is 25.9 Å². The van der Waals surface area contributed by atoms with Gasteiger partial charge in [0.15, 0.2) is 0 Å². The van der Waals surface area contributed by atoms with Crippen molar-refractivity contribution in [2.45, 2.75) is 56.4 Å². The van der Waals surface area contributed by atoms with Crippen LogP contribution < -0.4 is 142 Å². The van der Waals surface area contributed by atoms with Crippen LogP contribution in [-0.2, 0) is 0 Å². The molecule has 0 radical (unpaired) electrons. The molecule has 102 valence electrons. The van der Waals surface area contributed by atoms with Crippen LogP contribution in [0.3, 0.4) is 0 Å². The minimum absolute atomic E-state index is 0. The number of hydrogen-bond acceptors (Lipinski definition) is 3. The Morgan fingerprint density at radius 2 is 0.722 bits per heavy atom. The zero-order chi connectivity index (χ0) is 5.54. The Labute approximate surface area is 215 Å². The van der Waals surface area contributed by atoms with Gasteiger partial charge in [0, 0.05) is 0 Å². The van der Waals surface area contributed by atoms with E-state index >= 15 is 0 Å². The van der Waals surface area contributed by atoms with E-state index in [1.54, 1.807) is 0 Å². The quantitative estimate of drug-likeness (QED) is 0.397. The van der Waals surface area contributed by atoms with E-state index in [1.807, 2.05) is 0 Å². The molecule has 0 aliphatic heterocycles. The van der Waals surface area contributed by atoms with Crippen LogP contribution in [-0.4, -0.2) is 18.6 Å². The van der Waals surface area contributed by atoms with Gasteiger partial charge in [0.25, 0.3) is 0 Å². The SMILES string of the molecule is C.C.C.C.C.NCCCCCN.[Cl-].[H-].[Na+].[Na+].[Na+].[Na+].[OH-]. The topological polar surface area (TPSA) is 82.0 Å². The standard InChI is InChI=1S/C5H14N2.5CH4.ClH.4Na.H2O.H/c6-4-2-1-3-5-7;;;;;;;;;;;;/h1-7H2;5*1H4;1H;;;;;1H2;/q;;;;;;;4*+1;;-1/p-2. The van der Waals surface area contributed by atoms with Crippen LogP contribution in [0.4, 0.5) is 0 Å². The van der Waals surface area contributed by atoms with E-state index < -0.39 is 0 Å². The minimum Gasteiger partial charge on any atom is -1.00 e. The second-order valence-corrected chi connectivity index (χ2v) is 1.64. The summed E-state index contributed by atoms with van der Waals surface area (Å²) in [6, 6.07) is 0. The van der Waals surface area contributed by atoms with Gasteiger partial charge in [0.2, 0.25) is 0 Å². The number of halogens is 1. The zero-order valence-corrected chi connectivity index (χ0v) is 18.3. The second-order valence-electron chi connectivity index (χ2n) is 1.64. The average molecular weight is 328 g/mol. The summed E-state index contributed by atoms with van der Waals surface area (Å²) in [6.45, 7) is 1.61. The largest absolute Gasteiger partial charge is 1.00 e. The van der Waals surface area contributed by atoms with Crippen molar-refractivity contribution >= 4 is 0 Å². The molecule has 0 spiro atoms. The maximum Gasteiger partial charge on any atom is 1.00 e. The van der Waals surface area contributed by atoms with Crippen LogP contribution in [0.1, 0.15) is 57.8 Å². The maximum absolute atomic E-state index is 5.23. The van der Waals surface area contributed by atoms with Crippen LogP contribution in [0.5, 0.6) is 0 Å². The molecule has 0 aromatic carbocycles. The molecule has 5 N–H and O–H groups in total. The normalized spacial score (nSPS) is 3.67. The van der Waals surface area contributed by atoms with Crippen LogP contribution in [0, 0.1) is 0 Å². The third-order valence-electron chi connectivity index (χ3n) is 0.908. The fraction of sp³-hybridized carbons (Fsp3) is 1.00. The molecule has 0 rings (SSSR count). The van der Waals surface area contributed by atoms with Crippen molar-refractivity contribution in [1.82, 2.24) is 0 Å². The van der Waals surface area contributed by atoms with Crippen molar-refractivity contribution in [3.8, 4) is 0 Å². The Balaban J connectivity index is -0.00000000273. The first kappa shape index (κ1) is 96.1. The molecule has 0 aromatic heterocycles. The van der Waals surface area contributed by atoms with Gasteiger partial charge in [-0.3, -0.25) is 0 Å². The van der Waals surface area contributed by atoms with E-state index in [1.165, 1.54) is 6.42 Å². The van der Waals surface area contributed by atoms with E-state index in [4.69, 9.17) is 11.5 Å². The summed E-state index contributed by atoms with van der Waals surface area (Å²) < 4.78 is 0. The molecule has 0 aliphatic rings. The summed E-state index contributed by atoms with van der Waals surface area (Å²) in [6.07, 6.45) is 3.43. The summed E-state index contributed by atoms with van der Waals surface area (Å²) >= 11 is 0. The predicted molar refractivity (Wildman–Crippen MR) is 68.7 cm³/mol. The van der Waals surface area contributed by atoms with E-state index in [2.05, 4.69) is 0 Å². The molecule has 0 aromatic rings. The van der Waals surface area contributed by atoms with E-state index in [9.17, 15) is 0 Å². The van der Waals surface area contributed by atoms with Crippen LogP contribution in [0.2, 0.25) is 0 Å². The van der Waals surface area contributed by atoms with E-state index in [0.29, 0.717) is 0 Å². The molecule has 0 bridgehead atoms. The van der Waals surface area contributed by atoms with Crippen LogP contribution in [0.15, 0.2) is 0 Å². The molecular weight excluding hydrogens is 292 g/mol. The van der Waals surface area contributed by atoms with Crippen molar-refractivity contribution in [2.75, 3.05) is 13.1 Å². The second kappa shape index (κ2) is 102. The summed E-state index contributed by atoms with van der Waals surface area (Å²) in [5.41, 5.74) is 10.5. The molecule has 18 heavy (non-hydrogen) atoms. The number of hydrogen-bond donors (Lipinski definition) is 2. The number of unbranched alkanes of at least 4 members (excludes halogenated alkanes) is 2. The molecular formula is C10H36ClN2Na4O+. The summed E-state index contributed by atoms with van der Waals surface area (Å²) in [4.78, 5) is 0.